The maximum absolute atomic E-state index is 12.9. The van der Waals surface area contributed by atoms with Gasteiger partial charge in [0.15, 0.2) is 0 Å². The van der Waals surface area contributed by atoms with Gasteiger partial charge >= 0.3 is 0 Å². The van der Waals surface area contributed by atoms with Crippen LogP contribution in [0.5, 0.6) is 0 Å². The van der Waals surface area contributed by atoms with Gasteiger partial charge in [-0.1, -0.05) is 13.3 Å². The Labute approximate surface area is 137 Å². The van der Waals surface area contributed by atoms with Crippen LogP contribution in [0.1, 0.15) is 28.7 Å². The molecule has 1 amide bonds. The number of nitrogens with zero attached hydrogens (tertiary/aromatic N) is 1. The summed E-state index contributed by atoms with van der Waals surface area (Å²) in [7, 11) is 0. The molecule has 0 radical (unpaired) electrons. The number of nitrogens with one attached hydrogen (secondary N) is 1. The molecule has 0 spiro atoms. The van der Waals surface area contributed by atoms with Crippen molar-refractivity contribution in [2.45, 2.75) is 19.8 Å². The highest BCUT2D eigenvalue weighted by atomic mass is 32.1. The lowest BCUT2D eigenvalue weighted by molar-refractivity contribution is 0.103. The number of pyridine rings is 1. The molecule has 3 rings (SSSR count). The molecule has 0 saturated carbocycles. The number of carbonyl (C=O) groups excluding carboxylic acids is 1. The van der Waals surface area contributed by atoms with Crippen molar-refractivity contribution in [3.05, 3.63) is 52.8 Å². The summed E-state index contributed by atoms with van der Waals surface area (Å²) in [5.41, 5.74) is 8.04. The van der Waals surface area contributed by atoms with Gasteiger partial charge in [-0.15, -0.1) is 11.3 Å². The Bertz CT molecular complexity index is 858. The molecule has 0 aliphatic heterocycles. The van der Waals surface area contributed by atoms with Crippen molar-refractivity contribution in [1.29, 1.82) is 0 Å². The number of hydrogen-bond acceptors (Lipinski definition) is 4. The third kappa shape index (κ3) is 3.17. The number of rotatable bonds is 4. The third-order valence-corrected chi connectivity index (χ3v) is 4.58. The van der Waals surface area contributed by atoms with E-state index in [1.54, 1.807) is 0 Å². The highest BCUT2D eigenvalue weighted by Gasteiger charge is 2.17. The van der Waals surface area contributed by atoms with Crippen LogP contribution in [-0.4, -0.2) is 10.9 Å². The van der Waals surface area contributed by atoms with Gasteiger partial charge in [0.1, 0.15) is 15.5 Å². The number of amides is 1. The maximum atomic E-state index is 12.9. The van der Waals surface area contributed by atoms with Crippen molar-refractivity contribution >= 4 is 38.8 Å². The molecule has 2 heterocycles. The second kappa shape index (κ2) is 6.34. The average molecular weight is 329 g/mol. The summed E-state index contributed by atoms with van der Waals surface area (Å²) in [5, 5.41) is 3.51. The number of hydrogen-bond donors (Lipinski definition) is 2. The fourth-order valence-electron chi connectivity index (χ4n) is 2.32. The van der Waals surface area contributed by atoms with Crippen LogP contribution in [0.2, 0.25) is 0 Å². The van der Waals surface area contributed by atoms with E-state index in [-0.39, 0.29) is 11.7 Å². The number of anilines is 2. The molecule has 2 aromatic heterocycles. The molecule has 0 unspecified atom stereocenters. The lowest BCUT2D eigenvalue weighted by atomic mass is 10.2. The summed E-state index contributed by atoms with van der Waals surface area (Å²) in [5.74, 6) is -0.661. The Kier molecular flexibility index (Phi) is 4.25. The van der Waals surface area contributed by atoms with Crippen LogP contribution in [0.4, 0.5) is 15.8 Å². The number of halogens is 1. The number of aromatic nitrogens is 1. The van der Waals surface area contributed by atoms with E-state index in [4.69, 9.17) is 5.73 Å². The highest BCUT2D eigenvalue weighted by Crippen LogP contribution is 2.33. The van der Waals surface area contributed by atoms with Crippen LogP contribution in [0.25, 0.3) is 10.2 Å². The van der Waals surface area contributed by atoms with E-state index in [2.05, 4.69) is 17.2 Å². The van der Waals surface area contributed by atoms with Crippen molar-refractivity contribution in [3.8, 4) is 0 Å². The fraction of sp³-hybridized carbons (Fsp3) is 0.176. The Balaban J connectivity index is 1.90. The number of fused-ring (bicyclic) bond motifs is 1. The number of carbonyl (C=O) groups is 1. The molecular weight excluding hydrogens is 313 g/mol. The molecular formula is C17H16FN3OS. The van der Waals surface area contributed by atoms with Gasteiger partial charge < -0.3 is 11.1 Å². The quantitative estimate of drug-likeness (QED) is 0.753. The summed E-state index contributed by atoms with van der Waals surface area (Å²) >= 11 is 1.27. The predicted molar refractivity (Wildman–Crippen MR) is 92.4 cm³/mol. The van der Waals surface area contributed by atoms with E-state index in [1.165, 1.54) is 35.6 Å². The SMILES string of the molecule is CCCc1ccc2c(N)c(C(=O)Nc3ccc(F)cc3)sc2n1. The Morgan fingerprint density at radius 2 is 2.00 bits per heavy atom. The van der Waals surface area contributed by atoms with Gasteiger partial charge in [0.05, 0.1) is 5.69 Å². The van der Waals surface area contributed by atoms with Gasteiger partial charge in [-0.3, -0.25) is 4.79 Å². The van der Waals surface area contributed by atoms with Crippen molar-refractivity contribution < 1.29 is 9.18 Å². The molecule has 23 heavy (non-hydrogen) atoms. The molecule has 118 valence electrons. The van der Waals surface area contributed by atoms with E-state index in [1.807, 2.05) is 12.1 Å². The molecule has 6 heteroatoms. The van der Waals surface area contributed by atoms with Crippen molar-refractivity contribution in [3.63, 3.8) is 0 Å². The standard InChI is InChI=1S/C17H16FN3OS/c1-2-3-11-8-9-13-14(19)15(23-17(13)21-11)16(22)20-12-6-4-10(18)5-7-12/h4-9H,2-3,19H2,1H3,(H,20,22). The Hall–Kier alpha value is -2.47. The summed E-state index contributed by atoms with van der Waals surface area (Å²) < 4.78 is 12.9. The summed E-state index contributed by atoms with van der Waals surface area (Å²) in [6, 6.07) is 9.46. The lowest BCUT2D eigenvalue weighted by Gasteiger charge is -2.04. The Morgan fingerprint density at radius 1 is 1.26 bits per heavy atom. The van der Waals surface area contributed by atoms with Gasteiger partial charge in [0, 0.05) is 16.8 Å². The molecule has 0 aliphatic rings. The molecule has 0 fully saturated rings. The Morgan fingerprint density at radius 3 is 2.70 bits per heavy atom. The molecule has 3 N–H and O–H groups in total. The normalized spacial score (nSPS) is 10.9. The van der Waals surface area contributed by atoms with Crippen LogP contribution in [0.15, 0.2) is 36.4 Å². The number of benzene rings is 1. The summed E-state index contributed by atoms with van der Waals surface area (Å²) in [4.78, 5) is 18.1. The average Bonchev–Trinajstić information content (AvgIpc) is 2.87. The van der Waals surface area contributed by atoms with Crippen LogP contribution >= 0.6 is 11.3 Å². The topological polar surface area (TPSA) is 68.0 Å². The molecule has 0 atom stereocenters. The largest absolute Gasteiger partial charge is 0.397 e. The first-order chi connectivity index (χ1) is 11.1. The summed E-state index contributed by atoms with van der Waals surface area (Å²) in [6.07, 6.45) is 1.90. The van der Waals surface area contributed by atoms with Gasteiger partial charge in [0.2, 0.25) is 0 Å². The van der Waals surface area contributed by atoms with Crippen LogP contribution in [-0.2, 0) is 6.42 Å². The molecule has 4 nitrogen and oxygen atoms in total. The van der Waals surface area contributed by atoms with Crippen LogP contribution < -0.4 is 11.1 Å². The fourth-order valence-corrected chi connectivity index (χ4v) is 3.33. The maximum Gasteiger partial charge on any atom is 0.267 e. The van der Waals surface area contributed by atoms with E-state index in [9.17, 15) is 9.18 Å². The van der Waals surface area contributed by atoms with Crippen LogP contribution in [0, 0.1) is 5.82 Å². The lowest BCUT2D eigenvalue weighted by Crippen LogP contribution is -2.11. The smallest absolute Gasteiger partial charge is 0.267 e. The summed E-state index contributed by atoms with van der Waals surface area (Å²) in [6.45, 7) is 2.09. The van der Waals surface area contributed by atoms with Crippen molar-refractivity contribution in [1.82, 2.24) is 4.98 Å². The van der Waals surface area contributed by atoms with E-state index >= 15 is 0 Å². The second-order valence-corrected chi connectivity index (χ2v) is 6.21. The number of nitrogen functional groups attached to an aromatic ring is 1. The molecule has 1 aromatic carbocycles. The van der Waals surface area contributed by atoms with Crippen molar-refractivity contribution in [2.24, 2.45) is 0 Å². The first-order valence-electron chi connectivity index (χ1n) is 7.33. The minimum atomic E-state index is -0.350. The van der Waals surface area contributed by atoms with Crippen molar-refractivity contribution in [2.75, 3.05) is 11.1 Å². The molecule has 3 aromatic rings. The minimum Gasteiger partial charge on any atom is -0.397 e. The zero-order chi connectivity index (χ0) is 16.4. The molecule has 0 saturated heterocycles. The van der Waals surface area contributed by atoms with Crippen LogP contribution in [0.3, 0.4) is 0 Å². The van der Waals surface area contributed by atoms with E-state index in [0.717, 1.165) is 28.8 Å². The third-order valence-electron chi connectivity index (χ3n) is 3.47. The minimum absolute atomic E-state index is 0.311. The monoisotopic (exact) mass is 329 g/mol. The van der Waals surface area contributed by atoms with E-state index < -0.39 is 0 Å². The number of thiophene rings is 1. The first kappa shape index (κ1) is 15.4. The van der Waals surface area contributed by atoms with Gasteiger partial charge in [-0.05, 0) is 42.8 Å². The first-order valence-corrected chi connectivity index (χ1v) is 8.15. The number of aryl methyl sites for hydroxylation is 1. The molecule has 0 bridgehead atoms. The zero-order valence-corrected chi connectivity index (χ0v) is 13.4. The molecule has 0 aliphatic carbocycles. The van der Waals surface area contributed by atoms with E-state index in [0.29, 0.717) is 16.3 Å². The van der Waals surface area contributed by atoms with Gasteiger partial charge in [0.25, 0.3) is 5.91 Å². The zero-order valence-electron chi connectivity index (χ0n) is 12.6. The predicted octanol–water partition coefficient (Wildman–Crippen LogP) is 4.22. The highest BCUT2D eigenvalue weighted by molar-refractivity contribution is 7.21. The second-order valence-electron chi connectivity index (χ2n) is 5.21. The van der Waals surface area contributed by atoms with Gasteiger partial charge in [-0.2, -0.15) is 0 Å². The van der Waals surface area contributed by atoms with Gasteiger partial charge in [-0.25, -0.2) is 9.37 Å². The number of nitrogens with two attached hydrogens (primary N) is 1.